The molecule has 7 heteroatoms. The summed E-state index contributed by atoms with van der Waals surface area (Å²) >= 11 is 5.18. The zero-order valence-electron chi connectivity index (χ0n) is 9.39. The van der Waals surface area contributed by atoms with E-state index >= 15 is 0 Å². The molecule has 0 bridgehead atoms. The minimum atomic E-state index is -2.18. The molecule has 2 heterocycles. The number of ether oxygens (including phenoxy) is 1. The molecule has 5 atom stereocenters. The molecule has 2 rings (SSSR count). The van der Waals surface area contributed by atoms with Crippen molar-refractivity contribution in [2.45, 2.75) is 31.1 Å². The maximum atomic E-state index is 13.7. The van der Waals surface area contributed by atoms with Gasteiger partial charge >= 0.3 is 0 Å². The molecule has 0 aliphatic carbocycles. The lowest BCUT2D eigenvalue weighted by Crippen LogP contribution is -2.40. The van der Waals surface area contributed by atoms with Crippen LogP contribution in [0.3, 0.4) is 0 Å². The average molecular weight is 264 g/mol. The summed E-state index contributed by atoms with van der Waals surface area (Å²) < 4.78 is 30.3. The molecule has 2 aliphatic heterocycles. The van der Waals surface area contributed by atoms with Gasteiger partial charge in [0.25, 0.3) is 0 Å². The lowest BCUT2D eigenvalue weighted by atomic mass is 9.82. The Balaban J connectivity index is 2.17. The van der Waals surface area contributed by atoms with Gasteiger partial charge < -0.3 is 13.8 Å². The summed E-state index contributed by atoms with van der Waals surface area (Å²) in [5.74, 6) is -0.292. The van der Waals surface area contributed by atoms with Crippen molar-refractivity contribution in [3.05, 3.63) is 0 Å². The molecule has 0 aromatic rings. The van der Waals surface area contributed by atoms with Crippen LogP contribution < -0.4 is 0 Å². The lowest BCUT2D eigenvalue weighted by Gasteiger charge is -2.30. The van der Waals surface area contributed by atoms with Crippen molar-refractivity contribution >= 4 is 26.1 Å². The third kappa shape index (κ3) is 2.23. The molecule has 2 saturated heterocycles. The molecule has 0 N–H and O–H groups in total. The summed E-state index contributed by atoms with van der Waals surface area (Å²) in [5, 5.41) is 0. The molecule has 0 amide bonds. The minimum absolute atomic E-state index is 0.274. The molecule has 0 saturated carbocycles. The van der Waals surface area contributed by atoms with Crippen molar-refractivity contribution in [2.75, 3.05) is 19.9 Å². The topological polar surface area (TPSA) is 27.7 Å². The highest BCUT2D eigenvalue weighted by atomic mass is 32.5. The van der Waals surface area contributed by atoms with E-state index < -0.39 is 24.3 Å². The molecular formula is C9H15BFO3PS. The van der Waals surface area contributed by atoms with Crippen molar-refractivity contribution in [1.82, 2.24) is 0 Å². The van der Waals surface area contributed by atoms with Crippen molar-refractivity contribution in [1.29, 1.82) is 0 Å². The highest BCUT2D eigenvalue weighted by Crippen LogP contribution is 2.51. The second-order valence-corrected chi connectivity index (χ2v) is 8.56. The van der Waals surface area contributed by atoms with Crippen molar-refractivity contribution in [2.24, 2.45) is 5.92 Å². The van der Waals surface area contributed by atoms with E-state index in [1.54, 1.807) is 13.6 Å². The third-order valence-corrected chi connectivity index (χ3v) is 5.27. The van der Waals surface area contributed by atoms with Crippen molar-refractivity contribution in [3.63, 3.8) is 0 Å². The Labute approximate surface area is 102 Å². The van der Waals surface area contributed by atoms with Crippen LogP contribution in [0.4, 0.5) is 4.39 Å². The Bertz CT molecular complexity index is 332. The minimum Gasteiger partial charge on any atom is -0.376 e. The van der Waals surface area contributed by atoms with Crippen LogP contribution in [0.1, 0.15) is 13.3 Å². The molecule has 90 valence electrons. The molecule has 3 nitrogen and oxygen atoms in total. The van der Waals surface area contributed by atoms with E-state index in [1.165, 1.54) is 0 Å². The monoisotopic (exact) mass is 264 g/mol. The Kier molecular flexibility index (Phi) is 3.50. The van der Waals surface area contributed by atoms with Crippen LogP contribution >= 0.6 is 6.49 Å². The average Bonchev–Trinajstić information content (AvgIpc) is 2.37. The van der Waals surface area contributed by atoms with Gasteiger partial charge in [-0.3, -0.25) is 0 Å². The molecule has 0 aromatic carbocycles. The zero-order chi connectivity index (χ0) is 12.0. The predicted molar refractivity (Wildman–Crippen MR) is 64.1 cm³/mol. The Morgan fingerprint density at radius 3 is 2.75 bits per heavy atom. The van der Waals surface area contributed by atoms with Crippen LogP contribution in [0, 0.1) is 5.92 Å². The Morgan fingerprint density at radius 2 is 2.19 bits per heavy atom. The lowest BCUT2D eigenvalue weighted by molar-refractivity contribution is -0.0621. The molecule has 1 spiro atoms. The maximum Gasteiger partial charge on any atom is 0.185 e. The van der Waals surface area contributed by atoms with Crippen LogP contribution in [-0.2, 0) is 25.6 Å². The zero-order valence-corrected chi connectivity index (χ0v) is 11.1. The molecular weight excluding hydrogens is 249 g/mol. The molecule has 2 fully saturated rings. The summed E-state index contributed by atoms with van der Waals surface area (Å²) in [6, 6.07) is -0.869. The number of hydrogen-bond donors (Lipinski definition) is 0. The highest BCUT2D eigenvalue weighted by molar-refractivity contribution is 8.09. The van der Waals surface area contributed by atoms with Crippen LogP contribution in [-0.4, -0.2) is 45.5 Å². The number of rotatable bonds is 0. The summed E-state index contributed by atoms with van der Waals surface area (Å²) in [6.07, 6.45) is -0.578. The number of alkyl halides is 1. The van der Waals surface area contributed by atoms with Crippen molar-refractivity contribution < 1.29 is 18.2 Å². The summed E-state index contributed by atoms with van der Waals surface area (Å²) in [6.45, 7) is 2.10. The number of halogens is 1. The van der Waals surface area contributed by atoms with Crippen molar-refractivity contribution in [3.8, 4) is 0 Å². The van der Waals surface area contributed by atoms with Gasteiger partial charge in [0.2, 0.25) is 0 Å². The second-order valence-electron chi connectivity index (χ2n) is 4.51. The Hall–Kier alpha value is 0.525. The van der Waals surface area contributed by atoms with E-state index in [-0.39, 0.29) is 12.5 Å². The molecule has 2 radical (unpaired) electrons. The summed E-state index contributed by atoms with van der Waals surface area (Å²) in [7, 11) is 5.58. The second kappa shape index (κ2) is 4.32. The van der Waals surface area contributed by atoms with E-state index in [4.69, 9.17) is 33.4 Å². The quantitative estimate of drug-likeness (QED) is 0.490. The molecule has 16 heavy (non-hydrogen) atoms. The van der Waals surface area contributed by atoms with Gasteiger partial charge in [-0.2, -0.15) is 0 Å². The molecule has 2 aliphatic rings. The fraction of sp³-hybridized carbons (Fsp3) is 1.00. The third-order valence-electron chi connectivity index (χ3n) is 3.39. The van der Waals surface area contributed by atoms with Gasteiger partial charge in [0, 0.05) is 25.0 Å². The van der Waals surface area contributed by atoms with Gasteiger partial charge in [0.1, 0.15) is 14.0 Å². The smallest absolute Gasteiger partial charge is 0.185 e. The summed E-state index contributed by atoms with van der Waals surface area (Å²) in [5.41, 5.74) is -0.671. The van der Waals surface area contributed by atoms with Crippen LogP contribution in [0.2, 0.25) is 0 Å². The number of hydrogen-bond acceptors (Lipinski definition) is 4. The SMILES string of the molecule is [B][C@@H]1O[C@@]2(CCOP(C)(=S)OC2)[C@H](C)C1F. The largest absolute Gasteiger partial charge is 0.376 e. The standard InChI is InChI=1S/C9H15BFO3PS/c1-6-7(11)8(10)14-9(6)3-4-12-15(2,16)13-5-9/h6-8H,3-5H2,1-2H3/t6-,7?,8-,9-,15?/m1/s1. The van der Waals surface area contributed by atoms with Gasteiger partial charge in [-0.25, -0.2) is 4.39 Å². The van der Waals surface area contributed by atoms with E-state index in [0.717, 1.165) is 0 Å². The fourth-order valence-corrected chi connectivity index (χ4v) is 3.52. The highest BCUT2D eigenvalue weighted by Gasteiger charge is 2.52. The van der Waals surface area contributed by atoms with Gasteiger partial charge in [0.15, 0.2) is 6.49 Å². The molecule has 0 aromatic heterocycles. The van der Waals surface area contributed by atoms with Gasteiger partial charge in [0.05, 0.1) is 18.8 Å². The van der Waals surface area contributed by atoms with Gasteiger partial charge in [-0.05, 0) is 11.8 Å². The first kappa shape index (κ1) is 13.0. The Morgan fingerprint density at radius 1 is 1.50 bits per heavy atom. The first-order chi connectivity index (χ1) is 7.36. The van der Waals surface area contributed by atoms with E-state index in [0.29, 0.717) is 13.0 Å². The first-order valence-corrected chi connectivity index (χ1v) is 8.39. The molecule has 2 unspecified atom stereocenters. The summed E-state index contributed by atoms with van der Waals surface area (Å²) in [4.78, 5) is 0. The van der Waals surface area contributed by atoms with Crippen LogP contribution in [0.5, 0.6) is 0 Å². The van der Waals surface area contributed by atoms with Gasteiger partial charge in [-0.15, -0.1) is 0 Å². The normalized spacial score (nSPS) is 54.1. The predicted octanol–water partition coefficient (Wildman–Crippen LogP) is 1.60. The first-order valence-electron chi connectivity index (χ1n) is 5.30. The van der Waals surface area contributed by atoms with E-state index in [2.05, 4.69) is 0 Å². The maximum absolute atomic E-state index is 13.7. The van der Waals surface area contributed by atoms with Crippen LogP contribution in [0.25, 0.3) is 0 Å². The van der Waals surface area contributed by atoms with Crippen LogP contribution in [0.15, 0.2) is 0 Å². The van der Waals surface area contributed by atoms with E-state index in [9.17, 15) is 4.39 Å². The fourth-order valence-electron chi connectivity index (χ4n) is 2.19. The van der Waals surface area contributed by atoms with Gasteiger partial charge in [-0.1, -0.05) is 6.92 Å². The van der Waals surface area contributed by atoms with E-state index in [1.807, 2.05) is 0 Å².